The largest absolute Gasteiger partial charge is 0.412 e. The van der Waals surface area contributed by atoms with Crippen molar-refractivity contribution in [3.63, 3.8) is 0 Å². The summed E-state index contributed by atoms with van der Waals surface area (Å²) in [5.41, 5.74) is 0. The van der Waals surface area contributed by atoms with Gasteiger partial charge in [0.15, 0.2) is 13.2 Å². The van der Waals surface area contributed by atoms with Crippen LogP contribution in [0, 0.1) is 0 Å². The standard InChI is InChI=1S/C7H10F6IO4P/c8-6(9,10)3-17-19(15,5-16-2-1-14)18-4-7(11,12)13/h1-5H2. The summed E-state index contributed by atoms with van der Waals surface area (Å²) in [6, 6.07) is 0. The summed E-state index contributed by atoms with van der Waals surface area (Å²) in [4.78, 5) is 0. The van der Waals surface area contributed by atoms with E-state index in [1.165, 1.54) is 0 Å². The molecule has 0 aliphatic rings. The first kappa shape index (κ1) is 19.4. The molecule has 0 saturated carbocycles. The first-order valence-corrected chi connectivity index (χ1v) is 7.88. The predicted molar refractivity (Wildman–Crippen MR) is 61.3 cm³/mol. The molecule has 0 fully saturated rings. The van der Waals surface area contributed by atoms with Crippen LogP contribution in [0.1, 0.15) is 0 Å². The highest BCUT2D eigenvalue weighted by molar-refractivity contribution is 14.1. The molecular weight excluding hydrogens is 420 g/mol. The molecule has 0 aromatic rings. The van der Waals surface area contributed by atoms with Gasteiger partial charge in [0.1, 0.15) is 6.35 Å². The van der Waals surface area contributed by atoms with Crippen molar-refractivity contribution in [3.8, 4) is 0 Å². The van der Waals surface area contributed by atoms with Crippen LogP contribution in [0.4, 0.5) is 26.3 Å². The van der Waals surface area contributed by atoms with Crippen LogP contribution in [0.25, 0.3) is 0 Å². The van der Waals surface area contributed by atoms with Crippen LogP contribution in [0.15, 0.2) is 0 Å². The van der Waals surface area contributed by atoms with E-state index in [0.717, 1.165) is 0 Å². The predicted octanol–water partition coefficient (Wildman–Crippen LogP) is 3.75. The average molecular weight is 430 g/mol. The Morgan fingerprint density at radius 1 is 0.947 bits per heavy atom. The molecule has 0 heterocycles. The summed E-state index contributed by atoms with van der Waals surface area (Å²) in [6.45, 7) is -3.96. The Bertz CT molecular complexity index is 285. The molecule has 0 spiro atoms. The molecule has 0 aliphatic heterocycles. The van der Waals surface area contributed by atoms with Crippen molar-refractivity contribution in [1.29, 1.82) is 0 Å². The smallest absolute Gasteiger partial charge is 0.368 e. The van der Waals surface area contributed by atoms with Gasteiger partial charge in [0, 0.05) is 4.43 Å². The maximum atomic E-state index is 11.9. The molecule has 0 saturated heterocycles. The van der Waals surface area contributed by atoms with Crippen LogP contribution >= 0.6 is 30.2 Å². The minimum Gasteiger partial charge on any atom is -0.368 e. The lowest BCUT2D eigenvalue weighted by Gasteiger charge is -2.20. The lowest BCUT2D eigenvalue weighted by atomic mass is 10.7. The first-order valence-electron chi connectivity index (χ1n) is 4.63. The molecule has 0 atom stereocenters. The Balaban J connectivity index is 4.49. The van der Waals surface area contributed by atoms with Gasteiger partial charge in [0.2, 0.25) is 0 Å². The fourth-order valence-corrected chi connectivity index (χ4v) is 2.26. The minimum absolute atomic E-state index is 0.00466. The van der Waals surface area contributed by atoms with Gasteiger partial charge < -0.3 is 4.74 Å². The number of halogens is 7. The third-order valence-electron chi connectivity index (χ3n) is 1.32. The molecule has 0 amide bonds. The summed E-state index contributed by atoms with van der Waals surface area (Å²) in [6.07, 6.45) is -10.6. The van der Waals surface area contributed by atoms with Gasteiger partial charge in [-0.2, -0.15) is 26.3 Å². The summed E-state index contributed by atoms with van der Waals surface area (Å²) in [5, 5.41) is 0. The fourth-order valence-electron chi connectivity index (χ4n) is 0.686. The van der Waals surface area contributed by atoms with Crippen molar-refractivity contribution in [2.24, 2.45) is 0 Å². The van der Waals surface area contributed by atoms with E-state index in [9.17, 15) is 30.9 Å². The number of alkyl halides is 7. The van der Waals surface area contributed by atoms with Crippen molar-refractivity contribution in [2.45, 2.75) is 12.4 Å². The van der Waals surface area contributed by atoms with Crippen LogP contribution in [-0.2, 0) is 18.3 Å². The Labute approximate surface area is 118 Å². The Morgan fingerprint density at radius 2 is 1.37 bits per heavy atom. The van der Waals surface area contributed by atoms with Crippen molar-refractivity contribution in [3.05, 3.63) is 0 Å². The molecule has 0 radical (unpaired) electrons. The van der Waals surface area contributed by atoms with E-state index in [4.69, 9.17) is 0 Å². The lowest BCUT2D eigenvalue weighted by molar-refractivity contribution is -0.166. The summed E-state index contributed by atoms with van der Waals surface area (Å²) >= 11 is 1.85. The number of rotatable bonds is 8. The maximum absolute atomic E-state index is 11.9. The second-order valence-electron chi connectivity index (χ2n) is 3.11. The molecule has 0 unspecified atom stereocenters. The van der Waals surface area contributed by atoms with Gasteiger partial charge in [-0.1, -0.05) is 22.6 Å². The van der Waals surface area contributed by atoms with E-state index in [1.54, 1.807) is 0 Å². The maximum Gasteiger partial charge on any atom is 0.412 e. The first-order chi connectivity index (χ1) is 8.47. The number of hydrogen-bond acceptors (Lipinski definition) is 4. The fraction of sp³-hybridized carbons (Fsp3) is 1.00. The molecule has 19 heavy (non-hydrogen) atoms. The highest BCUT2D eigenvalue weighted by Gasteiger charge is 2.38. The molecule has 0 aliphatic carbocycles. The number of ether oxygens (including phenoxy) is 1. The van der Waals surface area contributed by atoms with Crippen LogP contribution in [-0.4, -0.2) is 42.9 Å². The van der Waals surface area contributed by atoms with Gasteiger partial charge in [0.05, 0.1) is 6.61 Å². The summed E-state index contributed by atoms with van der Waals surface area (Å²) in [5.74, 6) is 0. The lowest BCUT2D eigenvalue weighted by Crippen LogP contribution is -2.21. The molecule has 12 heteroatoms. The molecule has 0 bridgehead atoms. The number of hydrogen-bond donors (Lipinski definition) is 0. The van der Waals surface area contributed by atoms with Gasteiger partial charge >= 0.3 is 19.9 Å². The third kappa shape index (κ3) is 11.9. The zero-order valence-corrected chi connectivity index (χ0v) is 12.3. The van der Waals surface area contributed by atoms with Crippen LogP contribution in [0.2, 0.25) is 0 Å². The van der Waals surface area contributed by atoms with E-state index in [0.29, 0.717) is 4.43 Å². The molecule has 116 valence electrons. The zero-order chi connectivity index (χ0) is 15.2. The Kier molecular flexibility index (Phi) is 8.18. The van der Waals surface area contributed by atoms with E-state index in [2.05, 4.69) is 13.8 Å². The average Bonchev–Trinajstić information content (AvgIpc) is 2.23. The van der Waals surface area contributed by atoms with Crippen molar-refractivity contribution in [2.75, 3.05) is 30.6 Å². The van der Waals surface area contributed by atoms with Gasteiger partial charge in [-0.05, 0) is 0 Å². The van der Waals surface area contributed by atoms with E-state index >= 15 is 0 Å². The highest BCUT2D eigenvalue weighted by Crippen LogP contribution is 2.50. The third-order valence-corrected chi connectivity index (χ3v) is 3.30. The van der Waals surface area contributed by atoms with Gasteiger partial charge in [-0.15, -0.1) is 0 Å². The normalized spacial score (nSPS) is 13.8. The molecule has 4 nitrogen and oxygen atoms in total. The SMILES string of the molecule is O=P(COCCI)(OCC(F)(F)F)OCC(F)(F)F. The quantitative estimate of drug-likeness (QED) is 0.194. The molecule has 0 aromatic heterocycles. The zero-order valence-electron chi connectivity index (χ0n) is 9.26. The van der Waals surface area contributed by atoms with E-state index in [-0.39, 0.29) is 6.61 Å². The van der Waals surface area contributed by atoms with Crippen molar-refractivity contribution >= 4 is 30.2 Å². The minimum atomic E-state index is -4.83. The van der Waals surface area contributed by atoms with Crippen molar-refractivity contribution < 1.29 is 44.7 Å². The molecular formula is C7H10F6IO4P. The topological polar surface area (TPSA) is 44.8 Å². The van der Waals surface area contributed by atoms with Gasteiger partial charge in [0.25, 0.3) is 0 Å². The molecule has 0 N–H and O–H groups in total. The second-order valence-corrected chi connectivity index (χ2v) is 6.19. The van der Waals surface area contributed by atoms with Crippen LogP contribution in [0.5, 0.6) is 0 Å². The van der Waals surface area contributed by atoms with E-state index < -0.39 is 39.5 Å². The summed E-state index contributed by atoms with van der Waals surface area (Å²) in [7, 11) is -4.61. The van der Waals surface area contributed by atoms with E-state index in [1.807, 2.05) is 22.6 Å². The Morgan fingerprint density at radius 3 is 1.68 bits per heavy atom. The van der Waals surface area contributed by atoms with Crippen LogP contribution in [0.3, 0.4) is 0 Å². The Hall–Kier alpha value is 0.420. The molecule has 0 aromatic carbocycles. The molecule has 0 rings (SSSR count). The van der Waals surface area contributed by atoms with Gasteiger partial charge in [-0.3, -0.25) is 13.6 Å². The van der Waals surface area contributed by atoms with Crippen LogP contribution < -0.4 is 0 Å². The highest BCUT2D eigenvalue weighted by atomic mass is 127. The van der Waals surface area contributed by atoms with Crippen molar-refractivity contribution in [1.82, 2.24) is 0 Å². The van der Waals surface area contributed by atoms with Gasteiger partial charge in [-0.25, -0.2) is 0 Å². The second kappa shape index (κ2) is 8.01. The summed E-state index contributed by atoms with van der Waals surface area (Å²) < 4.78 is 95.8. The monoisotopic (exact) mass is 430 g/mol.